The summed E-state index contributed by atoms with van der Waals surface area (Å²) >= 11 is 0. The SMILES string of the molecule is O=S(=O)([O-])C(F)(F)CCC(F)(F)F.[K+]. The van der Waals surface area contributed by atoms with Crippen molar-refractivity contribution in [1.29, 1.82) is 0 Å². The molecule has 0 amide bonds. The Bertz CT molecular complexity index is 271. The second kappa shape index (κ2) is 5.50. The Kier molecular flexibility index (Phi) is 6.91. The van der Waals surface area contributed by atoms with Crippen LogP contribution in [0.25, 0.3) is 0 Å². The van der Waals surface area contributed by atoms with Gasteiger partial charge in [-0.15, -0.1) is 0 Å². The first-order valence-electron chi connectivity index (χ1n) is 2.86. The van der Waals surface area contributed by atoms with Gasteiger partial charge in [-0.2, -0.15) is 22.0 Å². The molecule has 0 aromatic heterocycles. The molecule has 0 saturated carbocycles. The summed E-state index contributed by atoms with van der Waals surface area (Å²) in [4.78, 5) is 0. The first kappa shape index (κ1) is 17.6. The summed E-state index contributed by atoms with van der Waals surface area (Å²) in [7, 11) is -6.01. The summed E-state index contributed by atoms with van der Waals surface area (Å²) in [5.74, 6) is 0. The largest absolute Gasteiger partial charge is 1.00 e. The van der Waals surface area contributed by atoms with E-state index < -0.39 is 34.4 Å². The Morgan fingerprint density at radius 3 is 1.57 bits per heavy atom. The molecule has 0 aliphatic heterocycles. The second-order valence-corrected chi connectivity index (χ2v) is 3.71. The quantitative estimate of drug-likeness (QED) is 0.354. The molecule has 0 bridgehead atoms. The van der Waals surface area contributed by atoms with Crippen LogP contribution >= 0.6 is 0 Å². The van der Waals surface area contributed by atoms with Gasteiger partial charge in [0.05, 0.1) is 6.42 Å². The third kappa shape index (κ3) is 6.64. The van der Waals surface area contributed by atoms with Crippen LogP contribution in [0.2, 0.25) is 0 Å². The summed E-state index contributed by atoms with van der Waals surface area (Å²) < 4.78 is 87.2. The molecule has 0 spiro atoms. The minimum atomic E-state index is -6.01. The molecule has 0 aromatic rings. The van der Waals surface area contributed by atoms with E-state index in [-0.39, 0.29) is 51.4 Å². The van der Waals surface area contributed by atoms with Crippen molar-refractivity contribution in [1.82, 2.24) is 0 Å². The summed E-state index contributed by atoms with van der Waals surface area (Å²) in [6, 6.07) is 0. The topological polar surface area (TPSA) is 57.2 Å². The van der Waals surface area contributed by atoms with E-state index in [1.165, 1.54) is 0 Å². The normalized spacial score (nSPS) is 13.6. The fourth-order valence-electron chi connectivity index (χ4n) is 0.412. The predicted octanol–water partition coefficient (Wildman–Crippen LogP) is -1.53. The van der Waals surface area contributed by atoms with Crippen LogP contribution in [0.4, 0.5) is 22.0 Å². The van der Waals surface area contributed by atoms with Crippen molar-refractivity contribution in [2.75, 3.05) is 0 Å². The third-order valence-electron chi connectivity index (χ3n) is 1.07. The number of hydrogen-bond donors (Lipinski definition) is 0. The van der Waals surface area contributed by atoms with E-state index in [0.717, 1.165) is 0 Å². The summed E-state index contributed by atoms with van der Waals surface area (Å²) in [5, 5.41) is -4.86. The van der Waals surface area contributed by atoms with E-state index in [2.05, 4.69) is 0 Å². The van der Waals surface area contributed by atoms with Crippen LogP contribution in [-0.4, -0.2) is 24.4 Å². The van der Waals surface area contributed by atoms with Crippen LogP contribution in [0.5, 0.6) is 0 Å². The van der Waals surface area contributed by atoms with E-state index in [4.69, 9.17) is 0 Å². The van der Waals surface area contributed by atoms with Gasteiger partial charge in [0.1, 0.15) is 0 Å². The van der Waals surface area contributed by atoms with E-state index >= 15 is 0 Å². The molecule has 0 aromatic carbocycles. The first-order valence-corrected chi connectivity index (χ1v) is 4.26. The van der Waals surface area contributed by atoms with Gasteiger partial charge in [-0.3, -0.25) is 0 Å². The maximum absolute atomic E-state index is 12.1. The molecule has 0 atom stereocenters. The standard InChI is InChI=1S/C4H5F5O3S.K/c5-3(6,7)1-2-4(8,9)13(10,11)12;/h1-2H2,(H,10,11,12);/q;+1/p-1. The minimum absolute atomic E-state index is 0. The van der Waals surface area contributed by atoms with Gasteiger partial charge in [0.2, 0.25) is 0 Å². The molecule has 14 heavy (non-hydrogen) atoms. The summed E-state index contributed by atoms with van der Waals surface area (Å²) in [6.45, 7) is 0. The van der Waals surface area contributed by atoms with Gasteiger partial charge < -0.3 is 4.55 Å². The van der Waals surface area contributed by atoms with Crippen LogP contribution in [-0.2, 0) is 10.1 Å². The molecule has 0 aliphatic carbocycles. The molecule has 0 radical (unpaired) electrons. The molecule has 0 fully saturated rings. The van der Waals surface area contributed by atoms with Crippen LogP contribution in [0.3, 0.4) is 0 Å². The van der Waals surface area contributed by atoms with Crippen molar-refractivity contribution in [2.45, 2.75) is 24.3 Å². The third-order valence-corrected chi connectivity index (χ3v) is 2.00. The molecule has 0 aliphatic rings. The van der Waals surface area contributed by atoms with Crippen LogP contribution in [0, 0.1) is 0 Å². The van der Waals surface area contributed by atoms with E-state index in [1.54, 1.807) is 0 Å². The Balaban J connectivity index is 0. The van der Waals surface area contributed by atoms with Crippen molar-refractivity contribution in [3.8, 4) is 0 Å². The van der Waals surface area contributed by atoms with Crippen LogP contribution in [0.1, 0.15) is 12.8 Å². The summed E-state index contributed by atoms with van der Waals surface area (Å²) in [5.41, 5.74) is 0. The van der Waals surface area contributed by atoms with Gasteiger partial charge in [0.25, 0.3) is 0 Å². The van der Waals surface area contributed by atoms with Gasteiger partial charge in [0.15, 0.2) is 10.1 Å². The Hall–Kier alpha value is 1.20. The van der Waals surface area contributed by atoms with Gasteiger partial charge in [-0.05, 0) is 0 Å². The maximum Gasteiger partial charge on any atom is 1.00 e. The molecule has 0 N–H and O–H groups in total. The molecule has 0 unspecified atom stereocenters. The van der Waals surface area contributed by atoms with Gasteiger partial charge in [-0.25, -0.2) is 8.42 Å². The van der Waals surface area contributed by atoms with Gasteiger partial charge >= 0.3 is 62.8 Å². The zero-order chi connectivity index (χ0) is 10.9. The molecule has 0 saturated heterocycles. The average Bonchev–Trinajstić information content (AvgIpc) is 1.79. The van der Waals surface area contributed by atoms with Gasteiger partial charge in [0, 0.05) is 6.42 Å². The number of alkyl halides is 5. The molecule has 3 nitrogen and oxygen atoms in total. The zero-order valence-electron chi connectivity index (χ0n) is 6.94. The van der Waals surface area contributed by atoms with Crippen molar-refractivity contribution in [3.63, 3.8) is 0 Å². The zero-order valence-corrected chi connectivity index (χ0v) is 10.9. The fourth-order valence-corrected chi connectivity index (χ4v) is 0.764. The fraction of sp³-hybridized carbons (Fsp3) is 1.00. The molecular formula is C4H4F5KO3S. The van der Waals surface area contributed by atoms with Crippen molar-refractivity contribution < 1.29 is 86.3 Å². The number of rotatable bonds is 3. The maximum atomic E-state index is 12.1. The Morgan fingerprint density at radius 2 is 1.36 bits per heavy atom. The monoisotopic (exact) mass is 266 g/mol. The van der Waals surface area contributed by atoms with Crippen molar-refractivity contribution >= 4 is 10.1 Å². The molecule has 0 rings (SSSR count). The first-order chi connectivity index (χ1) is 5.46. The van der Waals surface area contributed by atoms with E-state index in [9.17, 15) is 34.9 Å². The minimum Gasteiger partial charge on any atom is -0.743 e. The van der Waals surface area contributed by atoms with Crippen LogP contribution in [0.15, 0.2) is 0 Å². The van der Waals surface area contributed by atoms with E-state index in [0.29, 0.717) is 0 Å². The average molecular weight is 266 g/mol. The smallest absolute Gasteiger partial charge is 0.743 e. The number of hydrogen-bond acceptors (Lipinski definition) is 3. The Labute approximate surface area is 119 Å². The second-order valence-electron chi connectivity index (χ2n) is 2.21. The summed E-state index contributed by atoms with van der Waals surface area (Å²) in [6.07, 6.45) is -8.96. The van der Waals surface area contributed by atoms with Crippen LogP contribution < -0.4 is 51.4 Å². The van der Waals surface area contributed by atoms with Crippen molar-refractivity contribution in [3.05, 3.63) is 0 Å². The van der Waals surface area contributed by atoms with Crippen molar-refractivity contribution in [2.24, 2.45) is 0 Å². The number of halogens is 5. The molecule has 10 heteroatoms. The molecular weight excluding hydrogens is 262 g/mol. The predicted molar refractivity (Wildman–Crippen MR) is 29.9 cm³/mol. The Morgan fingerprint density at radius 1 is 1.00 bits per heavy atom. The molecule has 0 heterocycles. The van der Waals surface area contributed by atoms with Gasteiger partial charge in [-0.1, -0.05) is 0 Å². The van der Waals surface area contributed by atoms with E-state index in [1.807, 2.05) is 0 Å². The molecule has 80 valence electrons.